The van der Waals surface area contributed by atoms with Gasteiger partial charge in [-0.05, 0) is 245 Å². The van der Waals surface area contributed by atoms with Crippen molar-refractivity contribution in [3.05, 3.63) is 457 Å². The van der Waals surface area contributed by atoms with Crippen molar-refractivity contribution in [3.8, 4) is 55.6 Å². The standard InChI is InChI=1S/C110H80N2S2/c1-5-73-25-33-77(34-26-73)69-109(70-78-35-27-74(6-2)28-36-78)101-21-13-9-17-93(101)95-61-49-85(65-103(95)109)83-45-55-89(56-46-83)111(91-59-63-99-97-19-11-15-23-105(97)113-107(99)67-91)87-51-41-81(42-52-87)82-43-53-88(54-44-82)112(92-60-64-100-98-20-12-16-24-106(98)114-108(100)68-92)90-57-47-84(48-58-90)86-50-62-96-94-18-10-14-22-102(94)110(104(96)66-86,71-79-37-29-75(7-3)30-38-79)72-80-39-31-76(8-4)32-40-80/h5-68H,1-4,69-72H2. The van der Waals surface area contributed by atoms with Gasteiger partial charge in [0.25, 0.3) is 0 Å². The molecule has 0 fully saturated rings. The van der Waals surface area contributed by atoms with E-state index in [2.05, 4.69) is 400 Å². The van der Waals surface area contributed by atoms with Gasteiger partial charge in [0.05, 0.1) is 0 Å². The fourth-order valence-corrected chi connectivity index (χ4v) is 20.7. The molecule has 542 valence electrons. The van der Waals surface area contributed by atoms with Gasteiger partial charge in [-0.1, -0.05) is 318 Å². The van der Waals surface area contributed by atoms with Crippen molar-refractivity contribution >= 4 is 121 Å². The van der Waals surface area contributed by atoms with Gasteiger partial charge in [-0.3, -0.25) is 0 Å². The highest BCUT2D eigenvalue weighted by molar-refractivity contribution is 7.26. The summed E-state index contributed by atoms with van der Waals surface area (Å²) < 4.78 is 5.10. The molecule has 2 aromatic heterocycles. The predicted octanol–water partition coefficient (Wildman–Crippen LogP) is 30.4. The van der Waals surface area contributed by atoms with Gasteiger partial charge in [-0.2, -0.15) is 0 Å². The van der Waals surface area contributed by atoms with Crippen LogP contribution in [0.25, 0.3) is 120 Å². The Kier molecular flexibility index (Phi) is 17.7. The van der Waals surface area contributed by atoms with Crippen LogP contribution < -0.4 is 9.80 Å². The lowest BCUT2D eigenvalue weighted by Gasteiger charge is -2.33. The minimum atomic E-state index is -0.328. The molecule has 0 radical (unpaired) electrons. The molecule has 18 aromatic rings. The van der Waals surface area contributed by atoms with Crippen molar-refractivity contribution in [2.24, 2.45) is 0 Å². The van der Waals surface area contributed by atoms with E-state index < -0.39 is 0 Å². The molecule has 0 N–H and O–H groups in total. The van der Waals surface area contributed by atoms with E-state index in [1.54, 1.807) is 0 Å². The normalized spacial score (nSPS) is 12.8. The summed E-state index contributed by atoms with van der Waals surface area (Å²) in [5, 5.41) is 5.13. The number of benzene rings is 16. The van der Waals surface area contributed by atoms with Crippen molar-refractivity contribution in [2.75, 3.05) is 9.80 Å². The second-order valence-corrected chi connectivity index (χ2v) is 32.8. The van der Waals surface area contributed by atoms with Gasteiger partial charge in [-0.15, -0.1) is 22.7 Å². The summed E-state index contributed by atoms with van der Waals surface area (Å²) in [5.74, 6) is 0. The minimum absolute atomic E-state index is 0.328. The fraction of sp³-hybridized carbons (Fsp3) is 0.0545. The molecular weight excluding hydrogens is 1410 g/mol. The van der Waals surface area contributed by atoms with Gasteiger partial charge < -0.3 is 9.80 Å². The largest absolute Gasteiger partial charge is 0.310 e. The van der Waals surface area contributed by atoms with Crippen LogP contribution in [0.1, 0.15) is 66.8 Å². The summed E-state index contributed by atoms with van der Waals surface area (Å²) in [6, 6.07) is 137. The molecule has 0 saturated carbocycles. The molecule has 2 nitrogen and oxygen atoms in total. The first kappa shape index (κ1) is 69.7. The van der Waals surface area contributed by atoms with E-state index in [9.17, 15) is 0 Å². The number of fused-ring (bicyclic) bond motifs is 12. The molecular formula is C110H80N2S2. The lowest BCUT2D eigenvalue weighted by Crippen LogP contribution is -2.31. The highest BCUT2D eigenvalue weighted by Gasteiger charge is 2.45. The van der Waals surface area contributed by atoms with Gasteiger partial charge in [0.2, 0.25) is 0 Å². The molecule has 0 unspecified atom stereocenters. The molecule has 20 rings (SSSR count). The molecule has 0 atom stereocenters. The number of nitrogens with zero attached hydrogens (tertiary/aromatic N) is 2. The summed E-state index contributed by atoms with van der Waals surface area (Å²) >= 11 is 3.71. The van der Waals surface area contributed by atoms with Crippen LogP contribution in [0, 0.1) is 0 Å². The highest BCUT2D eigenvalue weighted by atomic mass is 32.1. The first-order valence-corrected chi connectivity index (χ1v) is 41.0. The van der Waals surface area contributed by atoms with Crippen LogP contribution in [-0.2, 0) is 36.5 Å². The second-order valence-electron chi connectivity index (χ2n) is 30.7. The zero-order valence-corrected chi connectivity index (χ0v) is 65.0. The SMILES string of the molecule is C=Cc1ccc(CC2(Cc3ccc(C=C)cc3)c3ccccc3-c3ccc(-c4ccc(N(c5ccc(-c6ccc(N(c7ccc(-c8ccc9c(c8)C(Cc8ccc(C=C)cc8)(Cc8ccc(C=C)cc8)c8ccccc8-9)cc7)c7ccc8c(c7)sc7ccccc78)cc6)cc5)c5ccc6c(c5)sc5ccccc56)cc4)cc32)cc1. The van der Waals surface area contributed by atoms with Crippen molar-refractivity contribution in [3.63, 3.8) is 0 Å². The maximum atomic E-state index is 4.07. The average Bonchev–Trinajstić information content (AvgIpc) is 1.57. The van der Waals surface area contributed by atoms with Crippen molar-refractivity contribution < 1.29 is 0 Å². The maximum Gasteiger partial charge on any atom is 0.0476 e. The summed E-state index contributed by atoms with van der Waals surface area (Å²) in [4.78, 5) is 4.84. The topological polar surface area (TPSA) is 6.48 Å². The Morgan fingerprint density at radius 2 is 0.482 bits per heavy atom. The quantitative estimate of drug-likeness (QED) is 0.0707. The zero-order chi connectivity index (χ0) is 76.4. The van der Waals surface area contributed by atoms with Gasteiger partial charge >= 0.3 is 0 Å². The molecule has 0 amide bonds. The number of thiophene rings is 2. The average molecular weight is 1490 g/mol. The third-order valence-corrected chi connectivity index (χ3v) is 26.4. The van der Waals surface area contributed by atoms with E-state index in [-0.39, 0.29) is 10.8 Å². The van der Waals surface area contributed by atoms with E-state index in [1.807, 2.05) is 47.0 Å². The fourth-order valence-electron chi connectivity index (χ4n) is 18.5. The summed E-state index contributed by atoms with van der Waals surface area (Å²) in [5.41, 5.74) is 33.2. The molecule has 0 bridgehead atoms. The van der Waals surface area contributed by atoms with Crippen molar-refractivity contribution in [1.82, 2.24) is 0 Å². The molecule has 2 aliphatic carbocycles. The number of hydrogen-bond acceptors (Lipinski definition) is 4. The van der Waals surface area contributed by atoms with Gasteiger partial charge in [-0.25, -0.2) is 0 Å². The van der Waals surface area contributed by atoms with Crippen molar-refractivity contribution in [1.29, 1.82) is 0 Å². The van der Waals surface area contributed by atoms with Crippen LogP contribution >= 0.6 is 22.7 Å². The second kappa shape index (κ2) is 29.0. The van der Waals surface area contributed by atoms with Crippen LogP contribution in [0.4, 0.5) is 34.1 Å². The van der Waals surface area contributed by atoms with Gasteiger partial charge in [0.1, 0.15) is 0 Å². The molecule has 16 aromatic carbocycles. The minimum Gasteiger partial charge on any atom is -0.310 e. The molecule has 114 heavy (non-hydrogen) atoms. The molecule has 2 heterocycles. The van der Waals surface area contributed by atoms with Crippen LogP contribution in [-0.4, -0.2) is 0 Å². The van der Waals surface area contributed by atoms with E-state index >= 15 is 0 Å². The van der Waals surface area contributed by atoms with Gasteiger partial charge in [0, 0.05) is 85.3 Å². The lowest BCUT2D eigenvalue weighted by molar-refractivity contribution is 0.520. The monoisotopic (exact) mass is 1490 g/mol. The third-order valence-electron chi connectivity index (χ3n) is 24.2. The van der Waals surface area contributed by atoms with Crippen LogP contribution in [0.15, 0.2) is 390 Å². The molecule has 0 aliphatic heterocycles. The van der Waals surface area contributed by atoms with Gasteiger partial charge in [0.15, 0.2) is 0 Å². The Hall–Kier alpha value is -13.5. The highest BCUT2D eigenvalue weighted by Crippen LogP contribution is 2.56. The zero-order valence-electron chi connectivity index (χ0n) is 63.3. The van der Waals surface area contributed by atoms with E-state index in [0.29, 0.717) is 0 Å². The van der Waals surface area contributed by atoms with Crippen molar-refractivity contribution in [2.45, 2.75) is 36.5 Å². The van der Waals surface area contributed by atoms with E-state index in [4.69, 9.17) is 0 Å². The Morgan fingerprint density at radius 1 is 0.219 bits per heavy atom. The first-order valence-electron chi connectivity index (χ1n) is 39.4. The lowest BCUT2D eigenvalue weighted by atomic mass is 9.69. The molecule has 2 aliphatic rings. The summed E-state index contributed by atoms with van der Waals surface area (Å²) in [6.07, 6.45) is 11.1. The smallest absolute Gasteiger partial charge is 0.0476 e. The van der Waals surface area contributed by atoms with Crippen LogP contribution in [0.5, 0.6) is 0 Å². The maximum absolute atomic E-state index is 4.07. The van der Waals surface area contributed by atoms with Crippen LogP contribution in [0.2, 0.25) is 0 Å². The molecule has 4 heteroatoms. The number of hydrogen-bond donors (Lipinski definition) is 0. The van der Waals surface area contributed by atoms with E-state index in [1.165, 1.54) is 129 Å². The van der Waals surface area contributed by atoms with Crippen LogP contribution in [0.3, 0.4) is 0 Å². The molecule has 0 spiro atoms. The number of rotatable bonds is 21. The predicted molar refractivity (Wildman–Crippen MR) is 491 cm³/mol. The molecule has 0 saturated heterocycles. The summed E-state index contributed by atoms with van der Waals surface area (Å²) in [7, 11) is 0. The van der Waals surface area contributed by atoms with E-state index in [0.717, 1.165) is 93.2 Å². The number of anilines is 6. The Balaban J connectivity index is 0.638. The third kappa shape index (κ3) is 12.4. The Morgan fingerprint density at radius 3 is 0.807 bits per heavy atom. The summed E-state index contributed by atoms with van der Waals surface area (Å²) in [6.45, 7) is 16.3. The Labute approximate surface area is 675 Å². The first-order chi connectivity index (χ1) is 56.2. The Bertz CT molecular complexity index is 6240.